The molecule has 0 aromatic heterocycles. The van der Waals surface area contributed by atoms with E-state index in [0.717, 1.165) is 0 Å². The van der Waals surface area contributed by atoms with Crippen LogP contribution in [0.1, 0.15) is 11.7 Å². The van der Waals surface area contributed by atoms with Crippen molar-refractivity contribution in [1.82, 2.24) is 0 Å². The van der Waals surface area contributed by atoms with E-state index in [9.17, 15) is 18.7 Å². The van der Waals surface area contributed by atoms with E-state index in [0.29, 0.717) is 5.75 Å². The number of carbonyl (C=O) groups excluding carboxylic acids is 1. The Morgan fingerprint density at radius 3 is 2.41 bits per heavy atom. The minimum absolute atomic E-state index is 0.0262. The van der Waals surface area contributed by atoms with Crippen LogP contribution in [0.5, 0.6) is 5.75 Å². The second-order valence-corrected chi connectivity index (χ2v) is 4.33. The molecule has 1 aromatic carbocycles. The van der Waals surface area contributed by atoms with E-state index >= 15 is 0 Å². The summed E-state index contributed by atoms with van der Waals surface area (Å²) in [6, 6.07) is 5.27. The van der Waals surface area contributed by atoms with Gasteiger partial charge in [-0.1, -0.05) is 12.1 Å². The summed E-state index contributed by atoms with van der Waals surface area (Å²) in [5.41, 5.74) is 4.89. The van der Waals surface area contributed by atoms with E-state index < -0.39 is 16.8 Å². The summed E-state index contributed by atoms with van der Waals surface area (Å²) in [4.78, 5) is 7.03. The summed E-state index contributed by atoms with van der Waals surface area (Å²) in [5, 5.41) is 9.25. The van der Waals surface area contributed by atoms with Crippen LogP contribution in [0.15, 0.2) is 24.3 Å². The molecule has 1 unspecified atom stereocenters. The van der Waals surface area contributed by atoms with Crippen molar-refractivity contribution in [2.75, 3.05) is 6.61 Å². The lowest BCUT2D eigenvalue weighted by molar-refractivity contribution is -0.119. The largest absolute Gasteiger partial charge is 0.484 e. The van der Waals surface area contributed by atoms with Gasteiger partial charge < -0.3 is 15.6 Å². The molecule has 4 nitrogen and oxygen atoms in total. The van der Waals surface area contributed by atoms with Gasteiger partial charge in [0.05, 0.1) is 0 Å². The van der Waals surface area contributed by atoms with Gasteiger partial charge in [-0.3, -0.25) is 4.79 Å². The third kappa shape index (κ3) is 4.27. The van der Waals surface area contributed by atoms with Gasteiger partial charge in [-0.15, -0.1) is 0 Å². The van der Waals surface area contributed by atoms with Crippen LogP contribution in [-0.4, -0.2) is 22.5 Å². The predicted octanol–water partition coefficient (Wildman–Crippen LogP) is 1.57. The highest BCUT2D eigenvalue weighted by atomic mass is 79.9. The minimum atomic E-state index is -3.40. The molecule has 0 aliphatic heterocycles. The number of alkyl halides is 3. The maximum absolute atomic E-state index is 12.7. The van der Waals surface area contributed by atoms with Gasteiger partial charge in [-0.2, -0.15) is 8.78 Å². The first-order chi connectivity index (χ1) is 7.80. The van der Waals surface area contributed by atoms with Crippen molar-refractivity contribution in [3.05, 3.63) is 29.8 Å². The van der Waals surface area contributed by atoms with Crippen LogP contribution >= 0.6 is 15.9 Å². The van der Waals surface area contributed by atoms with Crippen molar-refractivity contribution in [3.63, 3.8) is 0 Å². The first kappa shape index (κ1) is 13.9. The fourth-order valence-electron chi connectivity index (χ4n) is 1.09. The molecule has 0 bridgehead atoms. The van der Waals surface area contributed by atoms with Crippen molar-refractivity contribution >= 4 is 21.8 Å². The van der Waals surface area contributed by atoms with Crippen LogP contribution < -0.4 is 10.5 Å². The van der Waals surface area contributed by atoms with Gasteiger partial charge in [0.1, 0.15) is 5.75 Å². The van der Waals surface area contributed by atoms with E-state index in [1.165, 1.54) is 24.3 Å². The van der Waals surface area contributed by atoms with Crippen LogP contribution in [0.4, 0.5) is 8.78 Å². The Kier molecular flexibility index (Phi) is 4.41. The SMILES string of the molecule is NC(=O)COc1ccc(C(O)C(F)(F)Br)cc1. The van der Waals surface area contributed by atoms with Crippen LogP contribution in [0.3, 0.4) is 0 Å². The number of hydrogen-bond acceptors (Lipinski definition) is 3. The average Bonchev–Trinajstić information content (AvgIpc) is 2.25. The Bertz CT molecular complexity index is 392. The van der Waals surface area contributed by atoms with Gasteiger partial charge >= 0.3 is 4.83 Å². The Morgan fingerprint density at radius 1 is 1.47 bits per heavy atom. The number of benzene rings is 1. The molecular weight excluding hydrogens is 300 g/mol. The molecule has 0 aliphatic carbocycles. The maximum Gasteiger partial charge on any atom is 0.330 e. The molecule has 0 radical (unpaired) electrons. The van der Waals surface area contributed by atoms with Crippen LogP contribution in [-0.2, 0) is 4.79 Å². The molecule has 0 heterocycles. The number of nitrogens with two attached hydrogens (primary N) is 1. The summed E-state index contributed by atoms with van der Waals surface area (Å²) < 4.78 is 30.4. The first-order valence-corrected chi connectivity index (χ1v) is 5.36. The van der Waals surface area contributed by atoms with Gasteiger partial charge in [0, 0.05) is 0 Å². The van der Waals surface area contributed by atoms with Crippen LogP contribution in [0.2, 0.25) is 0 Å². The van der Waals surface area contributed by atoms with Crippen LogP contribution in [0.25, 0.3) is 0 Å². The van der Waals surface area contributed by atoms with Crippen molar-refractivity contribution in [2.24, 2.45) is 5.73 Å². The zero-order valence-electron chi connectivity index (χ0n) is 8.57. The van der Waals surface area contributed by atoms with Gasteiger partial charge in [0.15, 0.2) is 12.7 Å². The number of ether oxygens (including phenoxy) is 1. The molecule has 1 atom stereocenters. The Morgan fingerprint density at radius 2 is 2.00 bits per heavy atom. The maximum atomic E-state index is 12.7. The van der Waals surface area contributed by atoms with Crippen molar-refractivity contribution in [1.29, 1.82) is 0 Å². The number of rotatable bonds is 5. The third-order valence-electron chi connectivity index (χ3n) is 1.89. The number of amides is 1. The smallest absolute Gasteiger partial charge is 0.330 e. The van der Waals surface area contributed by atoms with Crippen molar-refractivity contribution < 1.29 is 23.4 Å². The highest BCUT2D eigenvalue weighted by Crippen LogP contribution is 2.36. The molecule has 1 amide bonds. The number of primary amides is 1. The molecule has 94 valence electrons. The highest BCUT2D eigenvalue weighted by molar-refractivity contribution is 9.10. The van der Waals surface area contributed by atoms with Crippen molar-refractivity contribution in [3.8, 4) is 5.75 Å². The number of halogens is 3. The molecule has 3 N–H and O–H groups in total. The second-order valence-electron chi connectivity index (χ2n) is 3.27. The number of aliphatic hydroxyl groups excluding tert-OH is 1. The lowest BCUT2D eigenvalue weighted by Gasteiger charge is -2.16. The van der Waals surface area contributed by atoms with Gasteiger partial charge in [0.2, 0.25) is 0 Å². The Balaban J connectivity index is 2.71. The molecule has 7 heteroatoms. The average molecular weight is 310 g/mol. The monoisotopic (exact) mass is 309 g/mol. The topological polar surface area (TPSA) is 72.6 Å². The fourth-order valence-corrected chi connectivity index (χ4v) is 1.35. The van der Waals surface area contributed by atoms with Gasteiger partial charge in [-0.25, -0.2) is 0 Å². The Labute approximate surface area is 104 Å². The van der Waals surface area contributed by atoms with Gasteiger partial charge in [0.25, 0.3) is 5.91 Å². The molecule has 0 saturated heterocycles. The number of hydrogen-bond donors (Lipinski definition) is 2. The zero-order chi connectivity index (χ0) is 13.1. The second kappa shape index (κ2) is 5.42. The molecule has 0 aliphatic rings. The standard InChI is InChI=1S/C10H10BrF2NO3/c11-10(12,13)9(16)6-1-3-7(4-2-6)17-5-8(14)15/h1-4,9,16H,5H2,(H2,14,15). The summed E-state index contributed by atoms with van der Waals surface area (Å²) >= 11 is 2.07. The highest BCUT2D eigenvalue weighted by Gasteiger charge is 2.35. The number of carbonyl (C=O) groups is 1. The summed E-state index contributed by atoms with van der Waals surface area (Å²) in [6.07, 6.45) is -1.95. The molecule has 17 heavy (non-hydrogen) atoms. The van der Waals surface area contributed by atoms with E-state index in [4.69, 9.17) is 10.5 Å². The van der Waals surface area contributed by atoms with Gasteiger partial charge in [-0.05, 0) is 33.6 Å². The van der Waals surface area contributed by atoms with E-state index in [2.05, 4.69) is 15.9 Å². The van der Waals surface area contributed by atoms with E-state index in [-0.39, 0.29) is 12.2 Å². The predicted molar refractivity (Wildman–Crippen MR) is 60.0 cm³/mol. The quantitative estimate of drug-likeness (QED) is 0.811. The van der Waals surface area contributed by atoms with Crippen molar-refractivity contribution in [2.45, 2.75) is 10.9 Å². The van der Waals surface area contributed by atoms with E-state index in [1.807, 2.05) is 0 Å². The molecule has 0 fully saturated rings. The minimum Gasteiger partial charge on any atom is -0.484 e. The molecular formula is C10H10BrF2NO3. The van der Waals surface area contributed by atoms with E-state index in [1.54, 1.807) is 0 Å². The molecule has 1 rings (SSSR count). The fraction of sp³-hybridized carbons (Fsp3) is 0.300. The zero-order valence-corrected chi connectivity index (χ0v) is 10.2. The molecule has 1 aromatic rings. The molecule has 0 spiro atoms. The number of aliphatic hydroxyl groups is 1. The third-order valence-corrected chi connectivity index (χ3v) is 2.32. The lowest BCUT2D eigenvalue weighted by Crippen LogP contribution is -2.20. The lowest BCUT2D eigenvalue weighted by atomic mass is 10.1. The van der Waals surface area contributed by atoms with Crippen LogP contribution in [0, 0.1) is 0 Å². The summed E-state index contributed by atoms with van der Waals surface area (Å²) in [5.74, 6) is -0.334. The first-order valence-electron chi connectivity index (χ1n) is 4.56. The normalized spacial score (nSPS) is 13.2. The Hall–Kier alpha value is -1.21. The summed E-state index contributed by atoms with van der Waals surface area (Å²) in [6.45, 7) is -0.295. The summed E-state index contributed by atoms with van der Waals surface area (Å²) in [7, 11) is 0. The molecule has 0 saturated carbocycles.